The molecular weight excluding hydrogens is 238 g/mol. The van der Waals surface area contributed by atoms with E-state index in [-0.39, 0.29) is 0 Å². The van der Waals surface area contributed by atoms with Gasteiger partial charge in [-0.3, -0.25) is 4.68 Å². The van der Waals surface area contributed by atoms with Crippen molar-refractivity contribution < 1.29 is 4.74 Å². The van der Waals surface area contributed by atoms with Crippen molar-refractivity contribution in [2.24, 2.45) is 5.92 Å². The summed E-state index contributed by atoms with van der Waals surface area (Å²) in [6.45, 7) is 4.07. The number of nitrogens with zero attached hydrogens (tertiary/aromatic N) is 2. The van der Waals surface area contributed by atoms with Crippen molar-refractivity contribution in [3.8, 4) is 0 Å². The van der Waals surface area contributed by atoms with Crippen molar-refractivity contribution in [3.63, 3.8) is 0 Å². The molecule has 3 rings (SSSR count). The molecule has 0 aromatic carbocycles. The summed E-state index contributed by atoms with van der Waals surface area (Å²) in [6.07, 6.45) is 12.3. The third kappa shape index (κ3) is 3.50. The summed E-state index contributed by atoms with van der Waals surface area (Å²) in [7, 11) is 0. The van der Waals surface area contributed by atoms with Crippen LogP contribution in [0.3, 0.4) is 0 Å². The standard InChI is InChI=1S/C15H25N3O/c1-12(8-13-4-2-5-13)17-14-9-16-18(10-14)11-15-6-3-7-19-15/h9-10,12-13,15,17H,2-8,11H2,1H3. The molecule has 0 bridgehead atoms. The molecule has 1 aliphatic carbocycles. The molecule has 1 aromatic rings. The summed E-state index contributed by atoms with van der Waals surface area (Å²) >= 11 is 0. The molecular formula is C15H25N3O. The number of rotatable bonds is 6. The Kier molecular flexibility index (Phi) is 4.06. The van der Waals surface area contributed by atoms with Gasteiger partial charge in [-0.25, -0.2) is 0 Å². The zero-order valence-electron chi connectivity index (χ0n) is 11.8. The molecule has 4 nitrogen and oxygen atoms in total. The third-order valence-electron chi connectivity index (χ3n) is 4.37. The highest BCUT2D eigenvalue weighted by Crippen LogP contribution is 2.31. The van der Waals surface area contributed by atoms with E-state index in [2.05, 4.69) is 23.5 Å². The lowest BCUT2D eigenvalue weighted by atomic mass is 9.81. The fourth-order valence-electron chi connectivity index (χ4n) is 3.11. The number of nitrogens with one attached hydrogen (secondary N) is 1. The Hall–Kier alpha value is -1.03. The maximum Gasteiger partial charge on any atom is 0.0771 e. The van der Waals surface area contributed by atoms with Gasteiger partial charge in [-0.1, -0.05) is 19.3 Å². The lowest BCUT2D eigenvalue weighted by molar-refractivity contribution is 0.0940. The highest BCUT2D eigenvalue weighted by atomic mass is 16.5. The predicted octanol–water partition coefficient (Wildman–Crippen LogP) is 3.05. The minimum absolute atomic E-state index is 0.361. The molecule has 1 aliphatic heterocycles. The molecule has 2 unspecified atom stereocenters. The molecule has 2 fully saturated rings. The minimum atomic E-state index is 0.361. The lowest BCUT2D eigenvalue weighted by Gasteiger charge is -2.28. The van der Waals surface area contributed by atoms with Crippen LogP contribution in [0.25, 0.3) is 0 Å². The average molecular weight is 263 g/mol. The van der Waals surface area contributed by atoms with Gasteiger partial charge in [0, 0.05) is 18.8 Å². The predicted molar refractivity (Wildman–Crippen MR) is 76.2 cm³/mol. The summed E-state index contributed by atoms with van der Waals surface area (Å²) < 4.78 is 7.65. The Morgan fingerprint density at radius 2 is 2.32 bits per heavy atom. The maximum atomic E-state index is 5.64. The number of aromatic nitrogens is 2. The van der Waals surface area contributed by atoms with E-state index >= 15 is 0 Å². The van der Waals surface area contributed by atoms with E-state index in [0.717, 1.165) is 24.8 Å². The van der Waals surface area contributed by atoms with Crippen LogP contribution in [0.5, 0.6) is 0 Å². The van der Waals surface area contributed by atoms with Crippen LogP contribution < -0.4 is 5.32 Å². The summed E-state index contributed by atoms with van der Waals surface area (Å²) in [5.74, 6) is 0.949. The summed E-state index contributed by atoms with van der Waals surface area (Å²) in [5.41, 5.74) is 1.14. The van der Waals surface area contributed by atoms with E-state index in [9.17, 15) is 0 Å². The highest BCUT2D eigenvalue weighted by molar-refractivity contribution is 5.39. The molecule has 2 aliphatic rings. The van der Waals surface area contributed by atoms with Crippen molar-refractivity contribution in [3.05, 3.63) is 12.4 Å². The average Bonchev–Trinajstić information content (AvgIpc) is 2.97. The number of ether oxygens (including phenoxy) is 1. The molecule has 1 saturated carbocycles. The second kappa shape index (κ2) is 5.95. The van der Waals surface area contributed by atoms with Crippen LogP contribution in [0.15, 0.2) is 12.4 Å². The smallest absolute Gasteiger partial charge is 0.0771 e. The monoisotopic (exact) mass is 263 g/mol. The van der Waals surface area contributed by atoms with E-state index in [1.54, 1.807) is 0 Å². The van der Waals surface area contributed by atoms with Crippen LogP contribution in [-0.4, -0.2) is 28.5 Å². The Morgan fingerprint density at radius 1 is 1.42 bits per heavy atom. The molecule has 0 radical (unpaired) electrons. The fourth-order valence-corrected chi connectivity index (χ4v) is 3.11. The molecule has 19 heavy (non-hydrogen) atoms. The van der Waals surface area contributed by atoms with Crippen LogP contribution in [0.1, 0.15) is 45.4 Å². The van der Waals surface area contributed by atoms with Crippen molar-refractivity contribution >= 4 is 5.69 Å². The first-order valence-electron chi connectivity index (χ1n) is 7.70. The van der Waals surface area contributed by atoms with Crippen LogP contribution in [0, 0.1) is 5.92 Å². The number of anilines is 1. The fraction of sp³-hybridized carbons (Fsp3) is 0.800. The van der Waals surface area contributed by atoms with Gasteiger partial charge in [0.1, 0.15) is 0 Å². The van der Waals surface area contributed by atoms with Gasteiger partial charge in [-0.05, 0) is 32.1 Å². The van der Waals surface area contributed by atoms with Crippen molar-refractivity contribution in [1.82, 2.24) is 9.78 Å². The Morgan fingerprint density at radius 3 is 3.00 bits per heavy atom. The largest absolute Gasteiger partial charge is 0.380 e. The van der Waals surface area contributed by atoms with Gasteiger partial charge in [0.2, 0.25) is 0 Å². The Balaban J connectivity index is 1.46. The molecule has 0 amide bonds. The SMILES string of the molecule is CC(CC1CCC1)Nc1cnn(CC2CCCO2)c1. The second-order valence-electron chi connectivity index (χ2n) is 6.16. The van der Waals surface area contributed by atoms with Gasteiger partial charge >= 0.3 is 0 Å². The Labute approximate surface area is 115 Å². The van der Waals surface area contributed by atoms with Crippen molar-refractivity contribution in [2.75, 3.05) is 11.9 Å². The topological polar surface area (TPSA) is 39.1 Å². The highest BCUT2D eigenvalue weighted by Gasteiger charge is 2.20. The minimum Gasteiger partial charge on any atom is -0.380 e. The quantitative estimate of drug-likeness (QED) is 0.857. The lowest BCUT2D eigenvalue weighted by Crippen LogP contribution is -2.23. The van der Waals surface area contributed by atoms with Crippen LogP contribution in [-0.2, 0) is 11.3 Å². The molecule has 1 saturated heterocycles. The van der Waals surface area contributed by atoms with Crippen molar-refractivity contribution in [2.45, 2.75) is 64.1 Å². The molecule has 4 heteroatoms. The number of hydrogen-bond acceptors (Lipinski definition) is 3. The molecule has 106 valence electrons. The first kappa shape index (κ1) is 13.0. The summed E-state index contributed by atoms with van der Waals surface area (Å²) in [6, 6.07) is 0.547. The maximum absolute atomic E-state index is 5.64. The molecule has 1 aromatic heterocycles. The molecule has 0 spiro atoms. The van der Waals surface area contributed by atoms with E-state index in [4.69, 9.17) is 4.74 Å². The molecule has 2 heterocycles. The van der Waals surface area contributed by atoms with Crippen LogP contribution >= 0.6 is 0 Å². The molecule has 2 atom stereocenters. The van der Waals surface area contributed by atoms with Crippen molar-refractivity contribution in [1.29, 1.82) is 0 Å². The van der Waals surface area contributed by atoms with Gasteiger partial charge in [0.15, 0.2) is 0 Å². The van der Waals surface area contributed by atoms with E-state index in [1.807, 2.05) is 10.9 Å². The first-order chi connectivity index (χ1) is 9.29. The van der Waals surface area contributed by atoms with Gasteiger partial charge in [-0.15, -0.1) is 0 Å². The zero-order valence-corrected chi connectivity index (χ0v) is 11.8. The van der Waals surface area contributed by atoms with E-state index in [0.29, 0.717) is 12.1 Å². The number of hydrogen-bond donors (Lipinski definition) is 1. The third-order valence-corrected chi connectivity index (χ3v) is 4.37. The summed E-state index contributed by atoms with van der Waals surface area (Å²) in [4.78, 5) is 0. The zero-order chi connectivity index (χ0) is 13.1. The van der Waals surface area contributed by atoms with Crippen LogP contribution in [0.4, 0.5) is 5.69 Å². The van der Waals surface area contributed by atoms with E-state index < -0.39 is 0 Å². The summed E-state index contributed by atoms with van der Waals surface area (Å²) in [5, 5.41) is 7.98. The Bertz CT molecular complexity index is 394. The van der Waals surface area contributed by atoms with Gasteiger partial charge < -0.3 is 10.1 Å². The van der Waals surface area contributed by atoms with Gasteiger partial charge in [0.05, 0.1) is 24.5 Å². The second-order valence-corrected chi connectivity index (χ2v) is 6.16. The van der Waals surface area contributed by atoms with Gasteiger partial charge in [0.25, 0.3) is 0 Å². The first-order valence-corrected chi connectivity index (χ1v) is 7.70. The van der Waals surface area contributed by atoms with E-state index in [1.165, 1.54) is 38.5 Å². The van der Waals surface area contributed by atoms with Gasteiger partial charge in [-0.2, -0.15) is 5.10 Å². The normalized spacial score (nSPS) is 25.2. The van der Waals surface area contributed by atoms with Crippen LogP contribution in [0.2, 0.25) is 0 Å². The molecule has 1 N–H and O–H groups in total.